The van der Waals surface area contributed by atoms with Crippen molar-refractivity contribution in [3.63, 3.8) is 0 Å². The number of nitrogen functional groups attached to an aromatic ring is 2. The third-order valence-corrected chi connectivity index (χ3v) is 3.16. The van der Waals surface area contributed by atoms with Gasteiger partial charge in [-0.05, 0) is 0 Å². The second-order valence-electron chi connectivity index (χ2n) is 4.41. The summed E-state index contributed by atoms with van der Waals surface area (Å²) < 4.78 is 7.16. The fraction of sp³-hybridized carbons (Fsp3) is 0.500. The highest BCUT2D eigenvalue weighted by molar-refractivity contribution is 5.82. The lowest BCUT2D eigenvalue weighted by molar-refractivity contribution is -0.0432. The van der Waals surface area contributed by atoms with Crippen molar-refractivity contribution in [3.05, 3.63) is 6.33 Å². The molecule has 9 nitrogen and oxygen atoms in total. The predicted molar refractivity (Wildman–Crippen MR) is 65.8 cm³/mol. The zero-order chi connectivity index (χ0) is 13.6. The molecule has 19 heavy (non-hydrogen) atoms. The number of nitrogens with two attached hydrogens (primary N) is 2. The van der Waals surface area contributed by atoms with Gasteiger partial charge in [0.05, 0.1) is 19.0 Å². The molecule has 0 radical (unpaired) electrons. The quantitative estimate of drug-likeness (QED) is 0.521. The van der Waals surface area contributed by atoms with Gasteiger partial charge in [0.1, 0.15) is 17.8 Å². The predicted octanol–water partition coefficient (Wildman–Crippen LogP) is -1.37. The molecule has 0 aliphatic carbocycles. The van der Waals surface area contributed by atoms with Gasteiger partial charge in [0, 0.05) is 6.42 Å². The molecule has 3 heterocycles. The Balaban J connectivity index is 2.02. The van der Waals surface area contributed by atoms with E-state index in [0.717, 1.165) is 0 Å². The van der Waals surface area contributed by atoms with Gasteiger partial charge in [-0.25, -0.2) is 4.98 Å². The van der Waals surface area contributed by atoms with E-state index in [-0.39, 0.29) is 18.4 Å². The Bertz CT molecular complexity index is 615. The summed E-state index contributed by atoms with van der Waals surface area (Å²) in [7, 11) is 0. The van der Waals surface area contributed by atoms with Crippen LogP contribution in [0.4, 0.5) is 11.8 Å². The number of aliphatic hydroxyl groups is 2. The number of hydrogen-bond acceptors (Lipinski definition) is 8. The number of hydrogen-bond donors (Lipinski definition) is 4. The normalized spacial score (nSPS) is 27.2. The third-order valence-electron chi connectivity index (χ3n) is 3.16. The van der Waals surface area contributed by atoms with Gasteiger partial charge in [-0.2, -0.15) is 9.97 Å². The van der Waals surface area contributed by atoms with Crippen molar-refractivity contribution in [3.8, 4) is 0 Å². The van der Waals surface area contributed by atoms with Gasteiger partial charge in [-0.3, -0.25) is 4.57 Å². The number of nitrogens with zero attached hydrogens (tertiary/aromatic N) is 4. The molecule has 3 rings (SSSR count). The molecule has 2 aromatic rings. The van der Waals surface area contributed by atoms with E-state index in [0.29, 0.717) is 17.6 Å². The first-order valence-corrected chi connectivity index (χ1v) is 5.80. The van der Waals surface area contributed by atoms with E-state index in [1.807, 2.05) is 0 Å². The Labute approximate surface area is 107 Å². The van der Waals surface area contributed by atoms with E-state index in [1.54, 1.807) is 4.57 Å². The molecule has 0 saturated carbocycles. The van der Waals surface area contributed by atoms with Crippen LogP contribution in [-0.2, 0) is 4.74 Å². The second kappa shape index (κ2) is 4.30. The van der Waals surface area contributed by atoms with Crippen LogP contribution in [-0.4, -0.2) is 48.5 Å². The molecule has 9 heteroatoms. The maximum Gasteiger partial charge on any atom is 0.224 e. The summed E-state index contributed by atoms with van der Waals surface area (Å²) in [4.78, 5) is 12.0. The van der Waals surface area contributed by atoms with E-state index in [4.69, 9.17) is 21.3 Å². The third kappa shape index (κ3) is 1.87. The van der Waals surface area contributed by atoms with Crippen LogP contribution in [0, 0.1) is 0 Å². The van der Waals surface area contributed by atoms with Crippen molar-refractivity contribution in [2.24, 2.45) is 0 Å². The first-order chi connectivity index (χ1) is 9.10. The summed E-state index contributed by atoms with van der Waals surface area (Å²) in [5, 5.41) is 18.8. The Morgan fingerprint density at radius 1 is 1.42 bits per heavy atom. The fourth-order valence-corrected chi connectivity index (χ4v) is 2.22. The van der Waals surface area contributed by atoms with Crippen molar-refractivity contribution in [2.45, 2.75) is 24.9 Å². The van der Waals surface area contributed by atoms with Gasteiger partial charge in [0.15, 0.2) is 11.5 Å². The second-order valence-corrected chi connectivity index (χ2v) is 4.41. The van der Waals surface area contributed by atoms with Gasteiger partial charge in [0.25, 0.3) is 0 Å². The zero-order valence-electron chi connectivity index (χ0n) is 9.97. The highest BCUT2D eigenvalue weighted by Gasteiger charge is 2.35. The van der Waals surface area contributed by atoms with Gasteiger partial charge in [-0.1, -0.05) is 0 Å². The zero-order valence-corrected chi connectivity index (χ0v) is 9.97. The molecule has 1 unspecified atom stereocenters. The number of anilines is 2. The fourth-order valence-electron chi connectivity index (χ4n) is 2.22. The smallest absolute Gasteiger partial charge is 0.224 e. The average molecular weight is 266 g/mol. The van der Waals surface area contributed by atoms with Crippen LogP contribution >= 0.6 is 0 Å². The molecule has 1 aliphatic heterocycles. The average Bonchev–Trinajstić information content (AvgIpc) is 2.92. The highest BCUT2D eigenvalue weighted by atomic mass is 16.5. The summed E-state index contributed by atoms with van der Waals surface area (Å²) in [6.07, 6.45) is 0.0288. The Morgan fingerprint density at radius 3 is 2.89 bits per heavy atom. The van der Waals surface area contributed by atoms with Gasteiger partial charge in [-0.15, -0.1) is 0 Å². The van der Waals surface area contributed by atoms with E-state index < -0.39 is 18.4 Å². The first-order valence-electron chi connectivity index (χ1n) is 5.80. The molecule has 0 amide bonds. The minimum Gasteiger partial charge on any atom is -0.394 e. The van der Waals surface area contributed by atoms with Gasteiger partial charge >= 0.3 is 0 Å². The van der Waals surface area contributed by atoms with Crippen molar-refractivity contribution >= 4 is 22.9 Å². The topological polar surface area (TPSA) is 145 Å². The van der Waals surface area contributed by atoms with Crippen LogP contribution in [0.1, 0.15) is 12.6 Å². The summed E-state index contributed by atoms with van der Waals surface area (Å²) in [5.74, 6) is 0.238. The van der Waals surface area contributed by atoms with Gasteiger partial charge < -0.3 is 26.4 Å². The van der Waals surface area contributed by atoms with Crippen LogP contribution < -0.4 is 11.5 Å². The molecule has 0 aromatic carbocycles. The summed E-state index contributed by atoms with van der Waals surface area (Å²) in [6.45, 7) is -0.246. The van der Waals surface area contributed by atoms with Crippen molar-refractivity contribution in [1.29, 1.82) is 0 Å². The monoisotopic (exact) mass is 266 g/mol. The van der Waals surface area contributed by atoms with Crippen molar-refractivity contribution in [1.82, 2.24) is 19.5 Å². The molecule has 0 spiro atoms. The lowest BCUT2D eigenvalue weighted by Gasteiger charge is -2.13. The molecule has 3 atom stereocenters. The molecule has 1 aliphatic rings. The molecule has 1 saturated heterocycles. The number of aliphatic hydroxyl groups excluding tert-OH is 2. The van der Waals surface area contributed by atoms with Crippen LogP contribution in [0.5, 0.6) is 0 Å². The van der Waals surface area contributed by atoms with Crippen LogP contribution in [0.15, 0.2) is 6.33 Å². The minimum absolute atomic E-state index is 0.0454. The molecule has 0 bridgehead atoms. The molecule has 1 fully saturated rings. The number of aromatic nitrogens is 4. The van der Waals surface area contributed by atoms with Crippen LogP contribution in [0.2, 0.25) is 0 Å². The Morgan fingerprint density at radius 2 is 2.21 bits per heavy atom. The Hall–Kier alpha value is -1.97. The van der Waals surface area contributed by atoms with Crippen LogP contribution in [0.25, 0.3) is 11.2 Å². The molecule has 102 valence electrons. The van der Waals surface area contributed by atoms with Crippen molar-refractivity contribution in [2.75, 3.05) is 18.1 Å². The van der Waals surface area contributed by atoms with E-state index in [9.17, 15) is 5.11 Å². The summed E-state index contributed by atoms with van der Waals surface area (Å²) >= 11 is 0. The number of imidazole rings is 1. The Kier molecular flexibility index (Phi) is 2.73. The maximum atomic E-state index is 9.74. The van der Waals surface area contributed by atoms with Gasteiger partial charge in [0.2, 0.25) is 5.95 Å². The first kappa shape index (κ1) is 12.1. The summed E-state index contributed by atoms with van der Waals surface area (Å²) in [5.41, 5.74) is 12.1. The minimum atomic E-state index is -0.732. The van der Waals surface area contributed by atoms with E-state index in [2.05, 4.69) is 15.0 Å². The highest BCUT2D eigenvalue weighted by Crippen LogP contribution is 2.31. The van der Waals surface area contributed by atoms with E-state index in [1.165, 1.54) is 6.33 Å². The van der Waals surface area contributed by atoms with Crippen LogP contribution in [0.3, 0.4) is 0 Å². The molecular formula is C10H14N6O3. The standard InChI is InChI=1S/C10H14N6O3/c11-8-7-9(15-10(12)14-8)16(3-13-7)6-1-4(18)5(2-17)19-6/h3-6,17-18H,1-2H2,(H4,11,12,14,15)/t4-,5+,6?/m1/s1. The lowest BCUT2D eigenvalue weighted by atomic mass is 10.2. The van der Waals surface area contributed by atoms with E-state index >= 15 is 0 Å². The largest absolute Gasteiger partial charge is 0.394 e. The number of fused-ring (bicyclic) bond motifs is 1. The number of ether oxygens (including phenoxy) is 1. The molecule has 2 aromatic heterocycles. The molecular weight excluding hydrogens is 252 g/mol. The van der Waals surface area contributed by atoms with Crippen molar-refractivity contribution < 1.29 is 14.9 Å². The lowest BCUT2D eigenvalue weighted by Crippen LogP contribution is -2.24. The number of rotatable bonds is 2. The SMILES string of the molecule is Nc1nc(N)c2ncn(C3C[C@@H](O)[C@H](CO)O3)c2n1. The molecule has 6 N–H and O–H groups in total. The maximum absolute atomic E-state index is 9.74. The summed E-state index contributed by atoms with van der Waals surface area (Å²) in [6, 6.07) is 0.